The fourth-order valence-electron chi connectivity index (χ4n) is 5.67. The molecular weight excluding hydrogens is 505 g/mol. The van der Waals surface area contributed by atoms with Crippen LogP contribution in [0, 0.1) is 11.7 Å². The lowest BCUT2D eigenvalue weighted by molar-refractivity contribution is 0.144. The number of likely N-dealkylation sites (tertiary alicyclic amines) is 1. The number of methoxy groups -OCH3 is 1. The molecule has 2 aromatic heterocycles. The first-order valence-electron chi connectivity index (χ1n) is 13.9. The van der Waals surface area contributed by atoms with Crippen molar-refractivity contribution in [2.45, 2.75) is 31.7 Å². The number of rotatable bonds is 9. The number of piperidine rings is 1. The third-order valence-corrected chi connectivity index (χ3v) is 8.46. The van der Waals surface area contributed by atoms with Crippen LogP contribution in [0.15, 0.2) is 24.4 Å². The second-order valence-corrected chi connectivity index (χ2v) is 11.3. The molecule has 2 N–H and O–H groups in total. The second-order valence-electron chi connectivity index (χ2n) is 10.9. The smallest absolute Gasteiger partial charge is 0.159 e. The molecule has 6 rings (SSSR count). The van der Waals surface area contributed by atoms with E-state index in [9.17, 15) is 0 Å². The Balaban J connectivity index is 1.15. The number of aromatic nitrogens is 3. The number of imidazole rings is 1. The van der Waals surface area contributed by atoms with Crippen molar-refractivity contribution in [3.63, 3.8) is 0 Å². The minimum absolute atomic E-state index is 0.299. The summed E-state index contributed by atoms with van der Waals surface area (Å²) in [6.45, 7) is 8.72. The lowest BCUT2D eigenvalue weighted by Crippen LogP contribution is -2.47. The summed E-state index contributed by atoms with van der Waals surface area (Å²) in [6, 6.07) is 5.73. The maximum Gasteiger partial charge on any atom is 0.159 e. The Bertz CT molecular complexity index is 1250. The van der Waals surface area contributed by atoms with Crippen molar-refractivity contribution >= 4 is 34.1 Å². The zero-order valence-corrected chi connectivity index (χ0v) is 22.8. The molecule has 3 fully saturated rings. The molecule has 0 amide bonds. The molecule has 4 heterocycles. The van der Waals surface area contributed by atoms with Gasteiger partial charge in [0, 0.05) is 71.2 Å². The van der Waals surface area contributed by atoms with Crippen LogP contribution in [-0.4, -0.2) is 96.9 Å². The molecule has 0 bridgehead atoms. The van der Waals surface area contributed by atoms with Gasteiger partial charge in [-0.3, -0.25) is 4.90 Å². The Morgan fingerprint density at radius 2 is 1.87 bits per heavy atom. The van der Waals surface area contributed by atoms with Crippen molar-refractivity contribution in [2.75, 3.05) is 76.3 Å². The number of piperazine rings is 1. The Morgan fingerprint density at radius 1 is 1.08 bits per heavy atom. The summed E-state index contributed by atoms with van der Waals surface area (Å²) in [5.41, 5.74) is 3.37. The standard InChI is InChI=1S/C28H37ClFN7O/c1-38-15-14-35-10-12-37(13-11-35)21-4-5-22(24(30)16-21)27-33-26-25(23(29)17-31-28(26)34-27)32-20-6-8-36(9-7-20)18-19-2-3-19/h4-5,16-17,19-20H,2-3,6-15,18H2,1H3,(H2,31,32,33,34). The Hall–Kier alpha value is -2.46. The zero-order valence-electron chi connectivity index (χ0n) is 22.1. The van der Waals surface area contributed by atoms with E-state index in [0.717, 1.165) is 82.6 Å². The van der Waals surface area contributed by atoms with Crippen LogP contribution >= 0.6 is 11.6 Å². The number of hydrogen-bond donors (Lipinski definition) is 2. The number of halogens is 2. The number of pyridine rings is 1. The number of fused-ring (bicyclic) bond motifs is 1. The minimum Gasteiger partial charge on any atom is -0.383 e. The van der Waals surface area contributed by atoms with Gasteiger partial charge in [0.25, 0.3) is 0 Å². The topological polar surface area (TPSA) is 72.6 Å². The SMILES string of the molecule is COCCN1CCN(c2ccc(-c3nc4c(NC5CCN(CC6CC6)CC5)c(Cl)cnc4[nH]3)c(F)c2)CC1. The number of H-pyrrole nitrogens is 1. The lowest BCUT2D eigenvalue weighted by Gasteiger charge is -2.36. The van der Waals surface area contributed by atoms with E-state index in [1.807, 2.05) is 12.1 Å². The Kier molecular flexibility index (Phi) is 7.70. The molecule has 0 radical (unpaired) electrons. The van der Waals surface area contributed by atoms with Crippen LogP contribution in [0.1, 0.15) is 25.7 Å². The van der Waals surface area contributed by atoms with Gasteiger partial charge < -0.3 is 24.8 Å². The van der Waals surface area contributed by atoms with Gasteiger partial charge in [-0.05, 0) is 49.8 Å². The number of hydrogen-bond acceptors (Lipinski definition) is 7. The van der Waals surface area contributed by atoms with Gasteiger partial charge >= 0.3 is 0 Å². The molecule has 0 unspecified atom stereocenters. The van der Waals surface area contributed by atoms with Gasteiger partial charge in [-0.2, -0.15) is 0 Å². The summed E-state index contributed by atoms with van der Waals surface area (Å²) in [6.07, 6.45) is 6.56. The molecule has 0 atom stereocenters. The van der Waals surface area contributed by atoms with Gasteiger partial charge in [0.2, 0.25) is 0 Å². The van der Waals surface area contributed by atoms with Crippen molar-refractivity contribution in [2.24, 2.45) is 5.92 Å². The maximum absolute atomic E-state index is 15.4. The van der Waals surface area contributed by atoms with Crippen LogP contribution in [-0.2, 0) is 4.74 Å². The van der Waals surface area contributed by atoms with Gasteiger partial charge in [0.15, 0.2) is 5.65 Å². The highest BCUT2D eigenvalue weighted by molar-refractivity contribution is 6.34. The predicted octanol–water partition coefficient (Wildman–Crippen LogP) is 4.47. The van der Waals surface area contributed by atoms with E-state index in [0.29, 0.717) is 33.6 Å². The largest absolute Gasteiger partial charge is 0.383 e. The molecular formula is C28H37ClFN7O. The number of ether oxygens (including phenoxy) is 1. The normalized spacial score (nSPS) is 19.9. The fraction of sp³-hybridized carbons (Fsp3) is 0.571. The predicted molar refractivity (Wildman–Crippen MR) is 151 cm³/mol. The summed E-state index contributed by atoms with van der Waals surface area (Å²) in [5, 5.41) is 4.17. The van der Waals surface area contributed by atoms with E-state index >= 15 is 4.39 Å². The third-order valence-electron chi connectivity index (χ3n) is 8.17. The quantitative estimate of drug-likeness (QED) is 0.414. The molecule has 0 spiro atoms. The first-order chi connectivity index (χ1) is 18.6. The van der Waals surface area contributed by atoms with Crippen LogP contribution in [0.2, 0.25) is 5.02 Å². The zero-order chi connectivity index (χ0) is 26.1. The van der Waals surface area contributed by atoms with Crippen LogP contribution in [0.5, 0.6) is 0 Å². The molecule has 3 aliphatic rings. The van der Waals surface area contributed by atoms with E-state index in [-0.39, 0.29) is 5.82 Å². The van der Waals surface area contributed by atoms with Crippen molar-refractivity contribution in [3.05, 3.63) is 35.2 Å². The number of aromatic amines is 1. The lowest BCUT2D eigenvalue weighted by atomic mass is 10.0. The van der Waals surface area contributed by atoms with Crippen LogP contribution in [0.3, 0.4) is 0 Å². The second kappa shape index (κ2) is 11.3. The van der Waals surface area contributed by atoms with E-state index in [1.54, 1.807) is 19.4 Å². The highest BCUT2D eigenvalue weighted by Crippen LogP contribution is 2.34. The number of anilines is 2. The van der Waals surface area contributed by atoms with Gasteiger partial charge in [-0.1, -0.05) is 11.6 Å². The molecule has 1 aliphatic carbocycles. The van der Waals surface area contributed by atoms with Gasteiger partial charge in [0.05, 0.1) is 29.1 Å². The first-order valence-corrected chi connectivity index (χ1v) is 14.2. The molecule has 2 aliphatic heterocycles. The van der Waals surface area contributed by atoms with Crippen molar-refractivity contribution in [3.8, 4) is 11.4 Å². The van der Waals surface area contributed by atoms with Gasteiger partial charge in [-0.25, -0.2) is 14.4 Å². The molecule has 10 heteroatoms. The highest BCUT2D eigenvalue weighted by Gasteiger charge is 2.28. The van der Waals surface area contributed by atoms with E-state index in [4.69, 9.17) is 21.3 Å². The fourth-order valence-corrected chi connectivity index (χ4v) is 5.86. The summed E-state index contributed by atoms with van der Waals surface area (Å²) < 4.78 is 20.6. The molecule has 1 saturated carbocycles. The van der Waals surface area contributed by atoms with Crippen LogP contribution in [0.4, 0.5) is 15.8 Å². The third kappa shape index (κ3) is 5.76. The van der Waals surface area contributed by atoms with Crippen molar-refractivity contribution < 1.29 is 9.13 Å². The molecule has 1 aromatic carbocycles. The molecule has 2 saturated heterocycles. The van der Waals surface area contributed by atoms with E-state index < -0.39 is 0 Å². The van der Waals surface area contributed by atoms with E-state index in [2.05, 4.69) is 30.0 Å². The number of nitrogens with one attached hydrogen (secondary N) is 2. The number of benzene rings is 1. The molecule has 8 nitrogen and oxygen atoms in total. The van der Waals surface area contributed by atoms with E-state index in [1.165, 1.54) is 19.4 Å². The summed E-state index contributed by atoms with van der Waals surface area (Å²) in [5.74, 6) is 1.08. The minimum atomic E-state index is -0.299. The Morgan fingerprint density at radius 3 is 2.58 bits per heavy atom. The summed E-state index contributed by atoms with van der Waals surface area (Å²) >= 11 is 6.58. The monoisotopic (exact) mass is 541 g/mol. The molecule has 204 valence electrons. The van der Waals surface area contributed by atoms with Gasteiger partial charge in [-0.15, -0.1) is 0 Å². The maximum atomic E-state index is 15.4. The average molecular weight is 542 g/mol. The highest BCUT2D eigenvalue weighted by atomic mass is 35.5. The Labute approximate surface area is 228 Å². The summed E-state index contributed by atoms with van der Waals surface area (Å²) in [7, 11) is 1.73. The van der Waals surface area contributed by atoms with Crippen LogP contribution in [0.25, 0.3) is 22.6 Å². The molecule has 38 heavy (non-hydrogen) atoms. The van der Waals surface area contributed by atoms with Gasteiger partial charge in [0.1, 0.15) is 17.2 Å². The number of nitrogens with zero attached hydrogens (tertiary/aromatic N) is 5. The average Bonchev–Trinajstić information content (AvgIpc) is 3.65. The first kappa shape index (κ1) is 25.8. The van der Waals surface area contributed by atoms with Crippen molar-refractivity contribution in [1.29, 1.82) is 0 Å². The molecule has 3 aromatic rings. The van der Waals surface area contributed by atoms with Crippen LogP contribution < -0.4 is 10.2 Å². The van der Waals surface area contributed by atoms with Crippen molar-refractivity contribution in [1.82, 2.24) is 24.8 Å². The summed E-state index contributed by atoms with van der Waals surface area (Å²) in [4.78, 5) is 19.6.